The van der Waals surface area contributed by atoms with Gasteiger partial charge in [-0.3, -0.25) is 4.90 Å². The van der Waals surface area contributed by atoms with E-state index in [4.69, 9.17) is 4.74 Å². The second-order valence-electron chi connectivity index (χ2n) is 9.50. The second kappa shape index (κ2) is 8.99. The summed E-state index contributed by atoms with van der Waals surface area (Å²) < 4.78 is 5.69. The largest absolute Gasteiger partial charge is 0.445 e. The number of amides is 1. The van der Waals surface area contributed by atoms with Gasteiger partial charge in [0.1, 0.15) is 6.61 Å². The number of nitrogens with zero attached hydrogens (tertiary/aromatic N) is 3. The molecule has 5 nitrogen and oxygen atoms in total. The molecule has 168 valence electrons. The van der Waals surface area contributed by atoms with Crippen LogP contribution in [0.1, 0.15) is 48.4 Å². The molecule has 2 bridgehead atoms. The van der Waals surface area contributed by atoms with Crippen LogP contribution >= 0.6 is 0 Å². The lowest BCUT2D eigenvalue weighted by atomic mass is 9.96. The first kappa shape index (κ1) is 21.1. The maximum atomic E-state index is 13.0. The summed E-state index contributed by atoms with van der Waals surface area (Å²) in [5.41, 5.74) is 6.28. The van der Waals surface area contributed by atoms with E-state index in [1.54, 1.807) is 0 Å². The van der Waals surface area contributed by atoms with Crippen LogP contribution in [0.2, 0.25) is 0 Å². The lowest BCUT2D eigenvalue weighted by Gasteiger charge is -2.36. The van der Waals surface area contributed by atoms with Crippen LogP contribution < -0.4 is 4.90 Å². The van der Waals surface area contributed by atoms with Crippen LogP contribution in [0, 0.1) is 0 Å². The van der Waals surface area contributed by atoms with E-state index in [0.717, 1.165) is 57.7 Å². The lowest BCUT2D eigenvalue weighted by Crippen LogP contribution is -2.46. The van der Waals surface area contributed by atoms with Crippen LogP contribution in [0.15, 0.2) is 60.7 Å². The lowest BCUT2D eigenvalue weighted by molar-refractivity contribution is 0.0694. The summed E-state index contributed by atoms with van der Waals surface area (Å²) in [6.45, 7) is 12.4. The van der Waals surface area contributed by atoms with Gasteiger partial charge in [0.25, 0.3) is 0 Å². The highest BCUT2D eigenvalue weighted by Gasteiger charge is 2.41. The Morgan fingerprint density at radius 3 is 2.56 bits per heavy atom. The Labute approximate surface area is 191 Å². The van der Waals surface area contributed by atoms with Gasteiger partial charge in [0.15, 0.2) is 0 Å². The van der Waals surface area contributed by atoms with Crippen LogP contribution in [0.4, 0.5) is 10.5 Å². The minimum absolute atomic E-state index is 0.136. The third-order valence-electron chi connectivity index (χ3n) is 7.14. The number of ether oxygens (including phenoxy) is 1. The summed E-state index contributed by atoms with van der Waals surface area (Å²) in [6, 6.07) is 17.0. The Kier molecular flexibility index (Phi) is 5.92. The van der Waals surface area contributed by atoms with Crippen LogP contribution in [0.25, 0.3) is 0 Å². The Bertz CT molecular complexity index is 982. The number of hydrogen-bond donors (Lipinski definition) is 0. The van der Waals surface area contributed by atoms with Gasteiger partial charge < -0.3 is 14.5 Å². The first-order chi connectivity index (χ1) is 15.6. The predicted molar refractivity (Wildman–Crippen MR) is 128 cm³/mol. The Hall–Kier alpha value is -2.79. The van der Waals surface area contributed by atoms with E-state index in [1.165, 1.54) is 22.4 Å². The molecule has 0 unspecified atom stereocenters. The standard InChI is InChI=1S/C27H33N3O2/c1-20(2)18-28-12-14-29(15-13-28)23-8-9-24-22-10-11-30(26(16-22)25(24)17-23)27(31)32-19-21-6-4-3-5-7-21/h3-9,17,22,26H,1,10-16,18-19H2,2H3/t22-,26+/m0/s1. The fraction of sp³-hybridized carbons (Fsp3) is 0.444. The fourth-order valence-corrected chi connectivity index (χ4v) is 5.53. The average Bonchev–Trinajstić information content (AvgIpc) is 3.09. The topological polar surface area (TPSA) is 36.0 Å². The van der Waals surface area contributed by atoms with E-state index in [-0.39, 0.29) is 12.1 Å². The zero-order valence-corrected chi connectivity index (χ0v) is 19.0. The van der Waals surface area contributed by atoms with Gasteiger partial charge in [-0.2, -0.15) is 0 Å². The van der Waals surface area contributed by atoms with E-state index < -0.39 is 0 Å². The molecule has 2 saturated heterocycles. The zero-order chi connectivity index (χ0) is 22.1. The van der Waals surface area contributed by atoms with Crippen LogP contribution in [-0.4, -0.2) is 55.2 Å². The highest BCUT2D eigenvalue weighted by molar-refractivity contribution is 5.70. The molecule has 0 saturated carbocycles. The van der Waals surface area contributed by atoms with Crippen LogP contribution in [0.3, 0.4) is 0 Å². The highest BCUT2D eigenvalue weighted by Crippen LogP contribution is 2.50. The summed E-state index contributed by atoms with van der Waals surface area (Å²) in [7, 11) is 0. The van der Waals surface area contributed by atoms with E-state index in [2.05, 4.69) is 41.5 Å². The molecule has 5 heteroatoms. The van der Waals surface area contributed by atoms with Gasteiger partial charge in [0.05, 0.1) is 6.04 Å². The van der Waals surface area contributed by atoms with Crippen molar-refractivity contribution in [1.82, 2.24) is 9.80 Å². The molecule has 32 heavy (non-hydrogen) atoms. The van der Waals surface area contributed by atoms with E-state index in [0.29, 0.717) is 12.5 Å². The molecule has 2 aromatic carbocycles. The first-order valence-corrected chi connectivity index (χ1v) is 11.8. The summed E-state index contributed by atoms with van der Waals surface area (Å²) in [6.07, 6.45) is 1.85. The minimum Gasteiger partial charge on any atom is -0.445 e. The number of piperidine rings is 1. The predicted octanol–water partition coefficient (Wildman–Crippen LogP) is 4.96. The van der Waals surface area contributed by atoms with Crippen molar-refractivity contribution in [1.29, 1.82) is 0 Å². The number of rotatable bonds is 5. The van der Waals surface area contributed by atoms with Gasteiger partial charge >= 0.3 is 6.09 Å². The van der Waals surface area contributed by atoms with Crippen molar-refractivity contribution in [3.05, 3.63) is 77.4 Å². The molecule has 0 N–H and O–H groups in total. The number of carbonyl (C=O) groups is 1. The van der Waals surface area contributed by atoms with Crippen molar-refractivity contribution < 1.29 is 9.53 Å². The number of fused-ring (bicyclic) bond motifs is 5. The van der Waals surface area contributed by atoms with Gasteiger partial charge in [-0.1, -0.05) is 48.6 Å². The van der Waals surface area contributed by atoms with E-state index in [1.807, 2.05) is 35.2 Å². The molecule has 2 aliphatic heterocycles. The quantitative estimate of drug-likeness (QED) is 0.627. The van der Waals surface area contributed by atoms with Crippen molar-refractivity contribution in [3.63, 3.8) is 0 Å². The van der Waals surface area contributed by atoms with E-state index >= 15 is 0 Å². The highest BCUT2D eigenvalue weighted by atomic mass is 16.6. The molecular formula is C27H33N3O2. The number of likely N-dealkylation sites (tertiary alicyclic amines) is 1. The van der Waals surface area contributed by atoms with Gasteiger partial charge in [-0.25, -0.2) is 4.79 Å². The summed E-state index contributed by atoms with van der Waals surface area (Å²) in [5, 5.41) is 0. The second-order valence-corrected chi connectivity index (χ2v) is 9.50. The zero-order valence-electron chi connectivity index (χ0n) is 19.0. The minimum atomic E-state index is -0.191. The molecule has 3 aliphatic rings. The van der Waals surface area contributed by atoms with Crippen molar-refractivity contribution in [2.45, 2.75) is 38.3 Å². The summed E-state index contributed by atoms with van der Waals surface area (Å²) in [4.78, 5) is 19.9. The van der Waals surface area contributed by atoms with Gasteiger partial charge in [-0.05, 0) is 54.5 Å². The molecule has 5 rings (SSSR count). The Morgan fingerprint density at radius 1 is 1.03 bits per heavy atom. The molecule has 1 amide bonds. The molecule has 2 heterocycles. The molecule has 2 fully saturated rings. The summed E-state index contributed by atoms with van der Waals surface area (Å²) >= 11 is 0. The number of anilines is 1. The normalized spacial score (nSPS) is 22.5. The van der Waals surface area contributed by atoms with Crippen LogP contribution in [0.5, 0.6) is 0 Å². The van der Waals surface area contributed by atoms with Crippen molar-refractivity contribution in [3.8, 4) is 0 Å². The molecule has 0 radical (unpaired) electrons. The number of hydrogen-bond acceptors (Lipinski definition) is 4. The molecule has 1 aliphatic carbocycles. The smallest absolute Gasteiger partial charge is 0.410 e. The van der Waals surface area contributed by atoms with E-state index in [9.17, 15) is 4.79 Å². The molecule has 0 spiro atoms. The molecule has 2 aromatic rings. The molecular weight excluding hydrogens is 398 g/mol. The summed E-state index contributed by atoms with van der Waals surface area (Å²) in [5.74, 6) is 0.564. The Balaban J connectivity index is 1.27. The van der Waals surface area contributed by atoms with Gasteiger partial charge in [0, 0.05) is 45.0 Å². The van der Waals surface area contributed by atoms with Crippen molar-refractivity contribution in [2.24, 2.45) is 0 Å². The third kappa shape index (κ3) is 4.26. The number of piperazine rings is 1. The van der Waals surface area contributed by atoms with Gasteiger partial charge in [-0.15, -0.1) is 0 Å². The maximum absolute atomic E-state index is 13.0. The number of benzene rings is 2. The first-order valence-electron chi connectivity index (χ1n) is 11.8. The monoisotopic (exact) mass is 431 g/mol. The fourth-order valence-electron chi connectivity index (χ4n) is 5.53. The Morgan fingerprint density at radius 2 is 1.81 bits per heavy atom. The van der Waals surface area contributed by atoms with Crippen molar-refractivity contribution in [2.75, 3.05) is 44.2 Å². The maximum Gasteiger partial charge on any atom is 0.410 e. The number of carbonyl (C=O) groups excluding carboxylic acids is 1. The van der Waals surface area contributed by atoms with Crippen molar-refractivity contribution >= 4 is 11.8 Å². The van der Waals surface area contributed by atoms with Crippen LogP contribution in [-0.2, 0) is 11.3 Å². The average molecular weight is 432 g/mol. The molecule has 0 aromatic heterocycles. The third-order valence-corrected chi connectivity index (χ3v) is 7.14. The molecule has 2 atom stereocenters. The van der Waals surface area contributed by atoms with Gasteiger partial charge in [0.2, 0.25) is 0 Å². The SMILES string of the molecule is C=C(C)CN1CCN(c2ccc3c(c2)[C@H]2C[C@@H]3CCN2C(=O)OCc2ccccc2)CC1.